The maximum absolute atomic E-state index is 11.9. The molecule has 1 aromatic carbocycles. The van der Waals surface area contributed by atoms with Crippen LogP contribution in [0.3, 0.4) is 0 Å². The zero-order valence-corrected chi connectivity index (χ0v) is 9.97. The van der Waals surface area contributed by atoms with E-state index in [0.717, 1.165) is 5.56 Å². The molecule has 0 fully saturated rings. The van der Waals surface area contributed by atoms with Crippen molar-refractivity contribution in [2.24, 2.45) is 0 Å². The second-order valence-corrected chi connectivity index (χ2v) is 6.10. The molecule has 0 amide bonds. The van der Waals surface area contributed by atoms with Gasteiger partial charge in [0.25, 0.3) is 0 Å². The van der Waals surface area contributed by atoms with Crippen LogP contribution in [0.1, 0.15) is 25.0 Å². The predicted octanol–water partition coefficient (Wildman–Crippen LogP) is 1.97. The quantitative estimate of drug-likeness (QED) is 0.788. The summed E-state index contributed by atoms with van der Waals surface area (Å²) >= 11 is 0. The van der Waals surface area contributed by atoms with Crippen LogP contribution < -0.4 is 0 Å². The van der Waals surface area contributed by atoms with Gasteiger partial charge >= 0.3 is 0 Å². The summed E-state index contributed by atoms with van der Waals surface area (Å²) in [6.07, 6.45) is 1.93. The number of carbonyl (C=O) groups excluding carboxylic acids is 1. The van der Waals surface area contributed by atoms with Crippen LogP contribution in [0.4, 0.5) is 0 Å². The molecule has 3 nitrogen and oxygen atoms in total. The summed E-state index contributed by atoms with van der Waals surface area (Å²) in [5.74, 6) is 0.0278. The summed E-state index contributed by atoms with van der Waals surface area (Å²) in [5.41, 5.74) is 1.46. The number of hydrogen-bond donors (Lipinski definition) is 0. The number of allylic oxidation sites excluding steroid dienone is 1. The number of fused-ring (bicyclic) bond motifs is 1. The molecule has 0 N–H and O–H groups in total. The van der Waals surface area contributed by atoms with Crippen molar-refractivity contribution in [3.8, 4) is 0 Å². The molecule has 4 heteroatoms. The van der Waals surface area contributed by atoms with Crippen molar-refractivity contribution in [2.75, 3.05) is 0 Å². The van der Waals surface area contributed by atoms with Gasteiger partial charge in [0.1, 0.15) is 5.78 Å². The highest BCUT2D eigenvalue weighted by Gasteiger charge is 2.26. The van der Waals surface area contributed by atoms with Crippen molar-refractivity contribution < 1.29 is 13.2 Å². The third-order valence-electron chi connectivity index (χ3n) is 2.60. The Kier molecular flexibility index (Phi) is 2.46. The van der Waals surface area contributed by atoms with E-state index in [9.17, 15) is 13.2 Å². The van der Waals surface area contributed by atoms with Crippen LogP contribution in [0.25, 0.3) is 6.08 Å². The van der Waals surface area contributed by atoms with Crippen LogP contribution in [-0.2, 0) is 21.1 Å². The third-order valence-corrected chi connectivity index (χ3v) is 4.50. The van der Waals surface area contributed by atoms with Gasteiger partial charge in [-0.05, 0) is 37.1 Å². The first-order valence-electron chi connectivity index (χ1n) is 4.97. The largest absolute Gasteiger partial charge is 0.300 e. The number of carbonyl (C=O) groups is 1. The normalized spacial score (nSPS) is 16.8. The molecule has 0 radical (unpaired) electrons. The molecule has 0 saturated heterocycles. The molecule has 0 spiro atoms. The molecule has 1 aliphatic heterocycles. The van der Waals surface area contributed by atoms with Gasteiger partial charge in [-0.25, -0.2) is 8.42 Å². The zero-order valence-electron chi connectivity index (χ0n) is 9.15. The van der Waals surface area contributed by atoms with Crippen LogP contribution in [0.2, 0.25) is 0 Å². The Hall–Kier alpha value is -1.42. The Bertz CT molecular complexity index is 595. The molecule has 0 aromatic heterocycles. The fourth-order valence-corrected chi connectivity index (χ4v) is 3.17. The predicted molar refractivity (Wildman–Crippen MR) is 61.7 cm³/mol. The minimum Gasteiger partial charge on any atom is -0.300 e. The lowest BCUT2D eigenvalue weighted by Crippen LogP contribution is -2.01. The number of benzene rings is 1. The van der Waals surface area contributed by atoms with Gasteiger partial charge in [0.15, 0.2) is 0 Å². The fraction of sp³-hybridized carbons (Fsp3) is 0.250. The molecular formula is C12H12O3S. The second kappa shape index (κ2) is 3.56. The van der Waals surface area contributed by atoms with Crippen molar-refractivity contribution in [1.29, 1.82) is 0 Å². The number of ketones is 1. The Morgan fingerprint density at radius 1 is 1.31 bits per heavy atom. The summed E-state index contributed by atoms with van der Waals surface area (Å²) in [4.78, 5) is 11.7. The van der Waals surface area contributed by atoms with Gasteiger partial charge < -0.3 is 0 Å². The first-order valence-corrected chi connectivity index (χ1v) is 6.45. The van der Waals surface area contributed by atoms with Crippen LogP contribution in [-0.4, -0.2) is 14.2 Å². The van der Waals surface area contributed by atoms with E-state index in [1.165, 1.54) is 6.92 Å². The van der Waals surface area contributed by atoms with E-state index in [1.54, 1.807) is 31.2 Å². The van der Waals surface area contributed by atoms with E-state index in [0.29, 0.717) is 15.4 Å². The molecule has 1 heterocycles. The lowest BCUT2D eigenvalue weighted by Gasteiger charge is -2.03. The molecule has 0 bridgehead atoms. The van der Waals surface area contributed by atoms with E-state index in [-0.39, 0.29) is 12.2 Å². The van der Waals surface area contributed by atoms with E-state index >= 15 is 0 Å². The molecule has 0 aliphatic carbocycles. The highest BCUT2D eigenvalue weighted by molar-refractivity contribution is 7.95. The summed E-state index contributed by atoms with van der Waals surface area (Å²) in [7, 11) is -3.29. The SMILES string of the molecule is CC(=O)Cc1ccc2c(c1)S(=O)(=O)C(C)=C2. The Morgan fingerprint density at radius 2 is 2.00 bits per heavy atom. The summed E-state index contributed by atoms with van der Waals surface area (Å²) in [6.45, 7) is 3.07. The fourth-order valence-electron chi connectivity index (χ4n) is 1.80. The van der Waals surface area contributed by atoms with E-state index in [4.69, 9.17) is 0 Å². The summed E-state index contributed by atoms with van der Waals surface area (Å²) in [5, 5.41) is 0. The molecular weight excluding hydrogens is 224 g/mol. The van der Waals surface area contributed by atoms with Gasteiger partial charge in [-0.3, -0.25) is 4.79 Å². The highest BCUT2D eigenvalue weighted by atomic mass is 32.2. The standard InChI is InChI=1S/C12H12O3S/c1-8(13)5-10-3-4-11-6-9(2)16(14,15)12(11)7-10/h3-4,6-7H,5H2,1-2H3. The van der Waals surface area contributed by atoms with Crippen molar-refractivity contribution in [3.63, 3.8) is 0 Å². The van der Waals surface area contributed by atoms with Crippen LogP contribution in [0, 0.1) is 0 Å². The topological polar surface area (TPSA) is 51.2 Å². The van der Waals surface area contributed by atoms with Crippen LogP contribution >= 0.6 is 0 Å². The molecule has 0 unspecified atom stereocenters. The van der Waals surface area contributed by atoms with Crippen molar-refractivity contribution in [3.05, 3.63) is 34.2 Å². The van der Waals surface area contributed by atoms with Crippen LogP contribution in [0.5, 0.6) is 0 Å². The maximum Gasteiger partial charge on any atom is 0.203 e. The van der Waals surface area contributed by atoms with Crippen molar-refractivity contribution in [2.45, 2.75) is 25.2 Å². The van der Waals surface area contributed by atoms with E-state index in [1.807, 2.05) is 0 Å². The molecule has 0 saturated carbocycles. The van der Waals surface area contributed by atoms with Crippen molar-refractivity contribution >= 4 is 21.7 Å². The number of rotatable bonds is 2. The molecule has 84 valence electrons. The second-order valence-electron chi connectivity index (χ2n) is 4.01. The monoisotopic (exact) mass is 236 g/mol. The number of sulfone groups is 1. The van der Waals surface area contributed by atoms with Crippen molar-refractivity contribution in [1.82, 2.24) is 0 Å². The van der Waals surface area contributed by atoms with Crippen LogP contribution in [0.15, 0.2) is 28.0 Å². The molecule has 1 aromatic rings. The zero-order chi connectivity index (χ0) is 11.9. The molecule has 16 heavy (non-hydrogen) atoms. The summed E-state index contributed by atoms with van der Waals surface area (Å²) in [6, 6.07) is 5.14. The highest BCUT2D eigenvalue weighted by Crippen LogP contribution is 2.32. The summed E-state index contributed by atoms with van der Waals surface area (Å²) < 4.78 is 23.7. The average Bonchev–Trinajstić information content (AvgIpc) is 2.39. The average molecular weight is 236 g/mol. The first kappa shape index (κ1) is 11.1. The lowest BCUT2D eigenvalue weighted by atomic mass is 10.1. The Balaban J connectivity index is 2.53. The van der Waals surface area contributed by atoms with E-state index < -0.39 is 9.84 Å². The Labute approximate surface area is 94.7 Å². The van der Waals surface area contributed by atoms with Gasteiger partial charge in [-0.1, -0.05) is 12.1 Å². The third kappa shape index (κ3) is 1.69. The van der Waals surface area contributed by atoms with Gasteiger partial charge in [-0.2, -0.15) is 0 Å². The molecule has 1 aliphatic rings. The van der Waals surface area contributed by atoms with E-state index in [2.05, 4.69) is 0 Å². The number of Topliss-reactive ketones (excluding diaryl/α,β-unsaturated/α-hetero) is 1. The minimum absolute atomic E-state index is 0.0278. The van der Waals surface area contributed by atoms with Gasteiger partial charge in [0.05, 0.1) is 4.90 Å². The molecule has 2 rings (SSSR count). The molecule has 0 atom stereocenters. The maximum atomic E-state index is 11.9. The van der Waals surface area contributed by atoms with Gasteiger partial charge in [0.2, 0.25) is 9.84 Å². The smallest absolute Gasteiger partial charge is 0.203 e. The minimum atomic E-state index is -3.29. The van der Waals surface area contributed by atoms with Gasteiger partial charge in [0, 0.05) is 11.3 Å². The lowest BCUT2D eigenvalue weighted by molar-refractivity contribution is -0.116. The Morgan fingerprint density at radius 3 is 2.62 bits per heavy atom. The number of hydrogen-bond acceptors (Lipinski definition) is 3. The van der Waals surface area contributed by atoms with Gasteiger partial charge in [-0.15, -0.1) is 0 Å². The first-order chi connectivity index (χ1) is 7.41.